The second-order valence-corrected chi connectivity index (χ2v) is 5.14. The number of hydrogen-bond donors (Lipinski definition) is 2. The topological polar surface area (TPSA) is 91.8 Å². The maximum atomic E-state index is 11.7. The molecule has 0 unspecified atom stereocenters. The first kappa shape index (κ1) is 13.5. The van der Waals surface area contributed by atoms with E-state index in [2.05, 4.69) is 10.3 Å². The SMILES string of the molecule is N#Cc1nc2ccc(NC(=O)CCCCN)cc2s1. The standard InChI is InChI=1S/C13H14N4OS/c14-6-2-1-3-12(18)16-9-4-5-10-11(7-9)19-13(8-15)17-10/h4-5,7H,1-3,6,14H2,(H,16,18). The van der Waals surface area contributed by atoms with Gasteiger partial charge in [-0.2, -0.15) is 5.26 Å². The summed E-state index contributed by atoms with van der Waals surface area (Å²) in [6, 6.07) is 7.46. The van der Waals surface area contributed by atoms with Crippen LogP contribution in [0.25, 0.3) is 10.2 Å². The minimum Gasteiger partial charge on any atom is -0.330 e. The number of anilines is 1. The normalized spacial score (nSPS) is 10.3. The highest BCUT2D eigenvalue weighted by molar-refractivity contribution is 7.19. The third kappa shape index (κ3) is 3.50. The van der Waals surface area contributed by atoms with E-state index < -0.39 is 0 Å². The lowest BCUT2D eigenvalue weighted by molar-refractivity contribution is -0.116. The van der Waals surface area contributed by atoms with Gasteiger partial charge in [-0.05, 0) is 37.6 Å². The number of thiazole rings is 1. The molecule has 0 saturated carbocycles. The van der Waals surface area contributed by atoms with Crippen LogP contribution in [0, 0.1) is 11.3 Å². The van der Waals surface area contributed by atoms with Gasteiger partial charge in [0.2, 0.25) is 5.91 Å². The minimum atomic E-state index is -0.0159. The quantitative estimate of drug-likeness (QED) is 0.818. The highest BCUT2D eigenvalue weighted by Crippen LogP contribution is 2.24. The average Bonchev–Trinajstić information content (AvgIpc) is 2.81. The molecule has 0 fully saturated rings. The number of aromatic nitrogens is 1. The van der Waals surface area contributed by atoms with E-state index in [0.717, 1.165) is 28.7 Å². The number of nitrogens with one attached hydrogen (secondary N) is 1. The number of fused-ring (bicyclic) bond motifs is 1. The third-order valence-corrected chi connectivity index (χ3v) is 3.55. The van der Waals surface area contributed by atoms with Crippen LogP contribution < -0.4 is 11.1 Å². The van der Waals surface area contributed by atoms with Crippen LogP contribution in [0.1, 0.15) is 24.3 Å². The third-order valence-electron chi connectivity index (χ3n) is 2.63. The molecule has 19 heavy (non-hydrogen) atoms. The van der Waals surface area contributed by atoms with Crippen molar-refractivity contribution in [3.63, 3.8) is 0 Å². The van der Waals surface area contributed by atoms with Gasteiger partial charge in [0.05, 0.1) is 10.2 Å². The van der Waals surface area contributed by atoms with Gasteiger partial charge in [0, 0.05) is 12.1 Å². The zero-order valence-corrected chi connectivity index (χ0v) is 11.2. The van der Waals surface area contributed by atoms with Gasteiger partial charge in [-0.3, -0.25) is 4.79 Å². The summed E-state index contributed by atoms with van der Waals surface area (Å²) in [5.74, 6) is -0.0159. The van der Waals surface area contributed by atoms with Crippen LogP contribution in [0.5, 0.6) is 0 Å². The van der Waals surface area contributed by atoms with Crippen molar-refractivity contribution in [1.29, 1.82) is 5.26 Å². The first-order chi connectivity index (χ1) is 9.22. The predicted octanol–water partition coefficient (Wildman–Crippen LogP) is 2.24. The smallest absolute Gasteiger partial charge is 0.224 e. The fraction of sp³-hybridized carbons (Fsp3) is 0.308. The molecule has 0 aliphatic carbocycles. The molecule has 1 aromatic carbocycles. The van der Waals surface area contributed by atoms with Crippen molar-refractivity contribution in [3.8, 4) is 6.07 Å². The number of rotatable bonds is 5. The molecular formula is C13H14N4OS. The van der Waals surface area contributed by atoms with Crippen LogP contribution in [-0.2, 0) is 4.79 Å². The van der Waals surface area contributed by atoms with Crippen molar-refractivity contribution >= 4 is 33.1 Å². The van der Waals surface area contributed by atoms with Crippen molar-refractivity contribution in [2.75, 3.05) is 11.9 Å². The van der Waals surface area contributed by atoms with E-state index in [-0.39, 0.29) is 5.91 Å². The fourth-order valence-electron chi connectivity index (χ4n) is 1.70. The first-order valence-corrected chi connectivity index (χ1v) is 6.85. The number of carbonyl (C=O) groups is 1. The Hall–Kier alpha value is -1.97. The molecule has 0 atom stereocenters. The number of carbonyl (C=O) groups excluding carboxylic acids is 1. The molecule has 0 aliphatic heterocycles. The molecule has 0 bridgehead atoms. The number of unbranched alkanes of at least 4 members (excludes halogenated alkanes) is 1. The van der Waals surface area contributed by atoms with E-state index in [9.17, 15) is 4.79 Å². The van der Waals surface area contributed by atoms with Crippen molar-refractivity contribution < 1.29 is 4.79 Å². The number of amides is 1. The number of hydrogen-bond acceptors (Lipinski definition) is 5. The summed E-state index contributed by atoms with van der Waals surface area (Å²) >= 11 is 1.32. The van der Waals surface area contributed by atoms with Crippen LogP contribution in [0.15, 0.2) is 18.2 Å². The second-order valence-electron chi connectivity index (χ2n) is 4.11. The summed E-state index contributed by atoms with van der Waals surface area (Å²) < 4.78 is 0.899. The van der Waals surface area contributed by atoms with Crippen LogP contribution >= 0.6 is 11.3 Å². The summed E-state index contributed by atoms with van der Waals surface area (Å²) in [5.41, 5.74) is 6.90. The lowest BCUT2D eigenvalue weighted by Crippen LogP contribution is -2.11. The molecule has 1 heterocycles. The Morgan fingerprint density at radius 1 is 1.47 bits per heavy atom. The fourth-order valence-corrected chi connectivity index (χ4v) is 2.51. The van der Waals surface area contributed by atoms with Gasteiger partial charge in [-0.15, -0.1) is 11.3 Å². The lowest BCUT2D eigenvalue weighted by Gasteiger charge is -2.04. The van der Waals surface area contributed by atoms with Gasteiger partial charge in [-0.1, -0.05) is 0 Å². The van der Waals surface area contributed by atoms with Crippen molar-refractivity contribution in [2.45, 2.75) is 19.3 Å². The zero-order chi connectivity index (χ0) is 13.7. The van der Waals surface area contributed by atoms with Gasteiger partial charge >= 0.3 is 0 Å². The Kier molecular flexibility index (Phi) is 4.44. The van der Waals surface area contributed by atoms with Gasteiger partial charge in [0.1, 0.15) is 6.07 Å². The summed E-state index contributed by atoms with van der Waals surface area (Å²) in [7, 11) is 0. The second kappa shape index (κ2) is 6.27. The van der Waals surface area contributed by atoms with Gasteiger partial charge in [0.25, 0.3) is 0 Å². The monoisotopic (exact) mass is 274 g/mol. The lowest BCUT2D eigenvalue weighted by atomic mass is 10.2. The summed E-state index contributed by atoms with van der Waals surface area (Å²) in [4.78, 5) is 15.8. The Morgan fingerprint density at radius 3 is 3.05 bits per heavy atom. The molecule has 5 nitrogen and oxygen atoms in total. The van der Waals surface area contributed by atoms with Crippen molar-refractivity contribution in [3.05, 3.63) is 23.2 Å². The summed E-state index contributed by atoms with van der Waals surface area (Å²) in [5, 5.41) is 12.1. The maximum absolute atomic E-state index is 11.7. The minimum absolute atomic E-state index is 0.0159. The van der Waals surface area contributed by atoms with Crippen molar-refractivity contribution in [2.24, 2.45) is 5.73 Å². The Balaban J connectivity index is 2.05. The van der Waals surface area contributed by atoms with Crippen LogP contribution in [0.4, 0.5) is 5.69 Å². The van der Waals surface area contributed by atoms with E-state index >= 15 is 0 Å². The summed E-state index contributed by atoms with van der Waals surface area (Å²) in [6.45, 7) is 0.608. The highest BCUT2D eigenvalue weighted by atomic mass is 32.1. The van der Waals surface area contributed by atoms with Crippen LogP contribution in [0.2, 0.25) is 0 Å². The molecule has 0 saturated heterocycles. The molecule has 2 aromatic rings. The number of nitrogens with zero attached hydrogens (tertiary/aromatic N) is 2. The van der Waals surface area contributed by atoms with E-state index in [0.29, 0.717) is 18.0 Å². The Labute approximate surface area is 115 Å². The predicted molar refractivity (Wildman–Crippen MR) is 75.9 cm³/mol. The maximum Gasteiger partial charge on any atom is 0.224 e. The molecule has 0 aliphatic rings. The molecule has 6 heteroatoms. The van der Waals surface area contributed by atoms with E-state index in [1.807, 2.05) is 18.2 Å². The molecule has 0 spiro atoms. The molecule has 1 aromatic heterocycles. The molecule has 3 N–H and O–H groups in total. The van der Waals surface area contributed by atoms with E-state index in [1.165, 1.54) is 11.3 Å². The molecule has 0 radical (unpaired) electrons. The number of benzene rings is 1. The van der Waals surface area contributed by atoms with Crippen LogP contribution in [0.3, 0.4) is 0 Å². The Morgan fingerprint density at radius 2 is 2.32 bits per heavy atom. The van der Waals surface area contributed by atoms with Gasteiger partial charge in [-0.25, -0.2) is 4.98 Å². The first-order valence-electron chi connectivity index (χ1n) is 6.03. The van der Waals surface area contributed by atoms with E-state index in [1.54, 1.807) is 6.07 Å². The number of nitriles is 1. The van der Waals surface area contributed by atoms with Crippen molar-refractivity contribution in [1.82, 2.24) is 4.98 Å². The van der Waals surface area contributed by atoms with Gasteiger partial charge < -0.3 is 11.1 Å². The van der Waals surface area contributed by atoms with Gasteiger partial charge in [0.15, 0.2) is 5.01 Å². The Bertz CT molecular complexity index is 629. The average molecular weight is 274 g/mol. The number of nitrogens with two attached hydrogens (primary N) is 1. The van der Waals surface area contributed by atoms with Crippen LogP contribution in [-0.4, -0.2) is 17.4 Å². The molecule has 98 valence electrons. The summed E-state index contributed by atoms with van der Waals surface area (Å²) in [6.07, 6.45) is 2.12. The largest absolute Gasteiger partial charge is 0.330 e. The molecular weight excluding hydrogens is 260 g/mol. The molecule has 1 amide bonds. The van der Waals surface area contributed by atoms with E-state index in [4.69, 9.17) is 11.0 Å². The zero-order valence-electron chi connectivity index (χ0n) is 10.3. The molecule has 2 rings (SSSR count). The highest BCUT2D eigenvalue weighted by Gasteiger charge is 2.06.